The van der Waals surface area contributed by atoms with Gasteiger partial charge < -0.3 is 4.74 Å². The maximum atomic E-state index is 14.2. The molecule has 1 aliphatic heterocycles. The summed E-state index contributed by atoms with van der Waals surface area (Å²) in [4.78, 5) is 21.8. The highest BCUT2D eigenvalue weighted by atomic mass is 32.2. The zero-order valence-electron chi connectivity index (χ0n) is 17.7. The molecule has 0 spiro atoms. The molecule has 0 saturated carbocycles. The number of anilines is 1. The van der Waals surface area contributed by atoms with Gasteiger partial charge in [-0.2, -0.15) is 0 Å². The number of rotatable bonds is 7. The number of para-hydroxylation sites is 1. The molecule has 2 aromatic carbocycles. The van der Waals surface area contributed by atoms with E-state index in [-0.39, 0.29) is 16.3 Å². The van der Waals surface area contributed by atoms with Gasteiger partial charge in [-0.05, 0) is 42.8 Å². The van der Waals surface area contributed by atoms with Gasteiger partial charge in [0.2, 0.25) is 0 Å². The van der Waals surface area contributed by atoms with E-state index < -0.39 is 15.7 Å². The van der Waals surface area contributed by atoms with Gasteiger partial charge >= 0.3 is 0 Å². The fourth-order valence-corrected chi connectivity index (χ4v) is 5.22. The third-order valence-corrected chi connectivity index (χ3v) is 7.50. The highest BCUT2D eigenvalue weighted by Crippen LogP contribution is 2.31. The van der Waals surface area contributed by atoms with E-state index in [0.29, 0.717) is 41.6 Å². The fourth-order valence-electron chi connectivity index (χ4n) is 3.58. The Bertz CT molecular complexity index is 1210. The van der Waals surface area contributed by atoms with Crippen LogP contribution in [0, 0.1) is 5.82 Å². The summed E-state index contributed by atoms with van der Waals surface area (Å²) < 4.78 is 43.7. The van der Waals surface area contributed by atoms with Gasteiger partial charge in [0, 0.05) is 38.0 Å². The Hall–Kier alpha value is -2.40. The molecule has 32 heavy (non-hydrogen) atoms. The Morgan fingerprint density at radius 1 is 1.19 bits per heavy atom. The molecule has 1 fully saturated rings. The number of aromatic nitrogens is 1. The van der Waals surface area contributed by atoms with E-state index in [1.807, 2.05) is 0 Å². The summed E-state index contributed by atoms with van der Waals surface area (Å²) in [6.07, 6.45) is 1.84. The highest BCUT2D eigenvalue weighted by molar-refractivity contribution is 7.90. The van der Waals surface area contributed by atoms with Crippen LogP contribution in [0.25, 0.3) is 10.2 Å². The third-order valence-electron chi connectivity index (χ3n) is 5.32. The molecule has 7 nitrogen and oxygen atoms in total. The van der Waals surface area contributed by atoms with Crippen molar-refractivity contribution < 1.29 is 22.3 Å². The molecule has 1 aliphatic rings. The first kappa shape index (κ1) is 22.8. The molecule has 10 heteroatoms. The molecule has 170 valence electrons. The highest BCUT2D eigenvalue weighted by Gasteiger charge is 2.23. The number of benzene rings is 2. The van der Waals surface area contributed by atoms with E-state index in [0.717, 1.165) is 25.9 Å². The molecule has 1 saturated heterocycles. The van der Waals surface area contributed by atoms with Crippen molar-refractivity contribution >= 4 is 42.4 Å². The molecule has 0 unspecified atom stereocenters. The molecule has 0 aliphatic carbocycles. The van der Waals surface area contributed by atoms with Crippen LogP contribution in [0.4, 0.5) is 9.52 Å². The summed E-state index contributed by atoms with van der Waals surface area (Å²) in [7, 11) is -3.36. The number of thiazole rings is 1. The number of sulfone groups is 1. The number of nitrogens with zero attached hydrogens (tertiary/aromatic N) is 3. The van der Waals surface area contributed by atoms with Crippen molar-refractivity contribution in [3.8, 4) is 0 Å². The van der Waals surface area contributed by atoms with E-state index in [4.69, 9.17) is 4.74 Å². The van der Waals surface area contributed by atoms with Crippen LogP contribution in [0.5, 0.6) is 0 Å². The standard InChI is InChI=1S/C22H24FN3O4S2/c1-32(28,29)17-8-6-16(7-9-17)21(27)26(11-3-10-25-12-14-30-15-13-25)22-24-20-18(23)4-2-5-19(20)31-22/h2,4-9H,3,10-15H2,1H3. The number of ether oxygens (including phenoxy) is 1. The first-order chi connectivity index (χ1) is 15.3. The molecule has 0 atom stereocenters. The number of carbonyl (C=O) groups is 1. The number of carbonyl (C=O) groups excluding carboxylic acids is 1. The second kappa shape index (κ2) is 9.62. The van der Waals surface area contributed by atoms with Gasteiger partial charge in [0.1, 0.15) is 11.3 Å². The normalized spacial score (nSPS) is 15.2. The number of fused-ring (bicyclic) bond motifs is 1. The second-order valence-electron chi connectivity index (χ2n) is 7.64. The molecule has 4 rings (SSSR count). The third kappa shape index (κ3) is 5.15. The molecule has 3 aromatic rings. The minimum atomic E-state index is -3.36. The minimum absolute atomic E-state index is 0.148. The Morgan fingerprint density at radius 3 is 2.56 bits per heavy atom. The zero-order chi connectivity index (χ0) is 22.7. The Balaban J connectivity index is 1.59. The topological polar surface area (TPSA) is 79.8 Å². The Morgan fingerprint density at radius 2 is 1.91 bits per heavy atom. The van der Waals surface area contributed by atoms with Crippen LogP contribution in [-0.4, -0.2) is 69.9 Å². The maximum absolute atomic E-state index is 14.2. The van der Waals surface area contributed by atoms with Crippen molar-refractivity contribution in [1.82, 2.24) is 9.88 Å². The smallest absolute Gasteiger partial charge is 0.260 e. The molecular weight excluding hydrogens is 453 g/mol. The quantitative estimate of drug-likeness (QED) is 0.520. The summed E-state index contributed by atoms with van der Waals surface area (Å²) in [5, 5.41) is 0.421. The van der Waals surface area contributed by atoms with Crippen molar-refractivity contribution in [3.05, 3.63) is 53.8 Å². The fraction of sp³-hybridized carbons (Fsp3) is 0.364. The number of morpholine rings is 1. The zero-order valence-corrected chi connectivity index (χ0v) is 19.3. The monoisotopic (exact) mass is 477 g/mol. The van der Waals surface area contributed by atoms with Crippen LogP contribution in [-0.2, 0) is 14.6 Å². The lowest BCUT2D eigenvalue weighted by atomic mass is 10.2. The van der Waals surface area contributed by atoms with Gasteiger partial charge in [-0.1, -0.05) is 17.4 Å². The molecule has 1 amide bonds. The van der Waals surface area contributed by atoms with Gasteiger partial charge in [-0.25, -0.2) is 17.8 Å². The lowest BCUT2D eigenvalue weighted by molar-refractivity contribution is 0.0376. The average Bonchev–Trinajstić information content (AvgIpc) is 3.22. The Labute approximate surface area is 190 Å². The van der Waals surface area contributed by atoms with Gasteiger partial charge in [-0.15, -0.1) is 0 Å². The Kier molecular flexibility index (Phi) is 6.85. The summed E-state index contributed by atoms with van der Waals surface area (Å²) in [6, 6.07) is 10.6. The first-order valence-corrected chi connectivity index (χ1v) is 13.0. The number of halogens is 1. The first-order valence-electron chi connectivity index (χ1n) is 10.3. The van der Waals surface area contributed by atoms with Crippen LogP contribution in [0.15, 0.2) is 47.4 Å². The van der Waals surface area contributed by atoms with Gasteiger partial charge in [0.05, 0.1) is 22.8 Å². The minimum Gasteiger partial charge on any atom is -0.379 e. The summed E-state index contributed by atoms with van der Waals surface area (Å²) in [5.74, 6) is -0.727. The predicted molar refractivity (Wildman–Crippen MR) is 123 cm³/mol. The average molecular weight is 478 g/mol. The van der Waals surface area contributed by atoms with Crippen molar-refractivity contribution in [3.63, 3.8) is 0 Å². The van der Waals surface area contributed by atoms with Crippen molar-refractivity contribution in [1.29, 1.82) is 0 Å². The van der Waals surface area contributed by atoms with Crippen LogP contribution < -0.4 is 4.90 Å². The largest absolute Gasteiger partial charge is 0.379 e. The maximum Gasteiger partial charge on any atom is 0.260 e. The van der Waals surface area contributed by atoms with Crippen LogP contribution >= 0.6 is 11.3 Å². The number of amides is 1. The number of hydrogen-bond donors (Lipinski definition) is 0. The summed E-state index contributed by atoms with van der Waals surface area (Å²) in [5.41, 5.74) is 0.592. The van der Waals surface area contributed by atoms with Crippen molar-refractivity contribution in [2.75, 3.05) is 50.5 Å². The summed E-state index contributed by atoms with van der Waals surface area (Å²) >= 11 is 1.26. The summed E-state index contributed by atoms with van der Waals surface area (Å²) in [6.45, 7) is 4.32. The predicted octanol–water partition coefficient (Wildman–Crippen LogP) is 3.21. The number of hydrogen-bond acceptors (Lipinski definition) is 7. The lowest BCUT2D eigenvalue weighted by Gasteiger charge is -2.27. The SMILES string of the molecule is CS(=O)(=O)c1ccc(C(=O)N(CCCN2CCOCC2)c2nc3c(F)cccc3s2)cc1. The van der Waals surface area contributed by atoms with Gasteiger partial charge in [0.25, 0.3) is 5.91 Å². The van der Waals surface area contributed by atoms with Crippen LogP contribution in [0.2, 0.25) is 0 Å². The van der Waals surface area contributed by atoms with E-state index >= 15 is 0 Å². The molecule has 2 heterocycles. The van der Waals surface area contributed by atoms with E-state index in [9.17, 15) is 17.6 Å². The molecule has 0 radical (unpaired) electrons. The van der Waals surface area contributed by atoms with E-state index in [1.165, 1.54) is 41.7 Å². The van der Waals surface area contributed by atoms with Crippen LogP contribution in [0.3, 0.4) is 0 Å². The van der Waals surface area contributed by atoms with E-state index in [2.05, 4.69) is 9.88 Å². The second-order valence-corrected chi connectivity index (χ2v) is 10.7. The molecule has 0 bridgehead atoms. The lowest BCUT2D eigenvalue weighted by Crippen LogP contribution is -2.39. The van der Waals surface area contributed by atoms with E-state index in [1.54, 1.807) is 17.0 Å². The van der Waals surface area contributed by atoms with Crippen LogP contribution in [0.1, 0.15) is 16.8 Å². The van der Waals surface area contributed by atoms with Crippen molar-refractivity contribution in [2.24, 2.45) is 0 Å². The molecule has 0 N–H and O–H groups in total. The van der Waals surface area contributed by atoms with Gasteiger partial charge in [0.15, 0.2) is 15.0 Å². The molecule has 1 aromatic heterocycles. The van der Waals surface area contributed by atoms with Gasteiger partial charge in [-0.3, -0.25) is 14.6 Å². The van der Waals surface area contributed by atoms with Crippen molar-refractivity contribution in [2.45, 2.75) is 11.3 Å². The molecular formula is C22H24FN3O4S2.